The zero-order chi connectivity index (χ0) is 15.6. The van der Waals surface area contributed by atoms with Gasteiger partial charge in [-0.1, -0.05) is 6.92 Å². The van der Waals surface area contributed by atoms with Crippen molar-refractivity contribution < 1.29 is 21.6 Å². The Morgan fingerprint density at radius 1 is 1.25 bits per heavy atom. The van der Waals surface area contributed by atoms with Crippen molar-refractivity contribution >= 4 is 15.5 Å². The number of halogens is 3. The molecule has 114 valence electrons. The summed E-state index contributed by atoms with van der Waals surface area (Å²) in [6.45, 7) is 3.06. The van der Waals surface area contributed by atoms with E-state index < -0.39 is 20.2 Å². The third-order valence-electron chi connectivity index (χ3n) is 2.88. The summed E-state index contributed by atoms with van der Waals surface area (Å²) in [5.74, 6) is 0.221. The van der Waals surface area contributed by atoms with E-state index in [4.69, 9.17) is 5.73 Å². The van der Waals surface area contributed by atoms with E-state index in [1.807, 2.05) is 11.8 Å². The van der Waals surface area contributed by atoms with Gasteiger partial charge in [-0.25, -0.2) is 8.42 Å². The Balaban J connectivity index is 2.95. The molecular weight excluding hydrogens is 293 g/mol. The van der Waals surface area contributed by atoms with E-state index in [2.05, 4.69) is 0 Å². The van der Waals surface area contributed by atoms with Crippen LogP contribution in [0.2, 0.25) is 0 Å². The number of hydrogen-bond acceptors (Lipinski definition) is 4. The van der Waals surface area contributed by atoms with Crippen molar-refractivity contribution in [3.8, 4) is 0 Å². The minimum atomic E-state index is -5.29. The molecule has 0 aromatic heterocycles. The molecule has 2 N–H and O–H groups in total. The van der Waals surface area contributed by atoms with E-state index in [0.29, 0.717) is 18.8 Å². The number of anilines is 1. The van der Waals surface area contributed by atoms with Crippen molar-refractivity contribution in [3.63, 3.8) is 0 Å². The van der Waals surface area contributed by atoms with Gasteiger partial charge in [-0.3, -0.25) is 0 Å². The van der Waals surface area contributed by atoms with Crippen LogP contribution < -0.4 is 10.6 Å². The Kier molecular flexibility index (Phi) is 5.04. The predicted molar refractivity (Wildman–Crippen MR) is 71.2 cm³/mol. The van der Waals surface area contributed by atoms with Crippen LogP contribution in [0.4, 0.5) is 18.9 Å². The van der Waals surface area contributed by atoms with Gasteiger partial charge in [0.15, 0.2) is 0 Å². The first kappa shape index (κ1) is 16.8. The largest absolute Gasteiger partial charge is 0.501 e. The highest BCUT2D eigenvalue weighted by molar-refractivity contribution is 7.92. The fraction of sp³-hybridized carbons (Fsp3) is 0.500. The van der Waals surface area contributed by atoms with Crippen LogP contribution in [-0.2, 0) is 9.84 Å². The van der Waals surface area contributed by atoms with E-state index >= 15 is 0 Å². The lowest BCUT2D eigenvalue weighted by molar-refractivity contribution is -0.0436. The van der Waals surface area contributed by atoms with Crippen molar-refractivity contribution in [3.05, 3.63) is 24.3 Å². The lowest BCUT2D eigenvalue weighted by Crippen LogP contribution is -2.28. The third-order valence-corrected chi connectivity index (χ3v) is 4.38. The maximum Gasteiger partial charge on any atom is 0.501 e. The molecule has 8 heteroatoms. The van der Waals surface area contributed by atoms with Gasteiger partial charge >= 0.3 is 5.51 Å². The SMILES string of the molecule is CC(CN)CN(C)c1ccc(S(=O)(=O)C(F)(F)F)cc1. The molecule has 1 aromatic rings. The molecular formula is C12H17F3N2O2S. The first-order chi connectivity index (χ1) is 9.09. The molecule has 0 aliphatic heterocycles. The Morgan fingerprint density at radius 2 is 1.75 bits per heavy atom. The lowest BCUT2D eigenvalue weighted by atomic mass is 10.1. The monoisotopic (exact) mass is 310 g/mol. The minimum Gasteiger partial charge on any atom is -0.374 e. The summed E-state index contributed by atoms with van der Waals surface area (Å²) in [7, 11) is -3.52. The molecule has 0 radical (unpaired) electrons. The lowest BCUT2D eigenvalue weighted by Gasteiger charge is -2.23. The van der Waals surface area contributed by atoms with Crippen LogP contribution in [0, 0.1) is 5.92 Å². The van der Waals surface area contributed by atoms with Crippen LogP contribution in [0.3, 0.4) is 0 Å². The molecule has 0 bridgehead atoms. The first-order valence-electron chi connectivity index (χ1n) is 5.92. The third kappa shape index (κ3) is 3.63. The minimum absolute atomic E-state index is 0.221. The van der Waals surface area contributed by atoms with E-state index in [9.17, 15) is 21.6 Å². The summed E-state index contributed by atoms with van der Waals surface area (Å²) >= 11 is 0. The molecule has 1 aromatic carbocycles. The van der Waals surface area contributed by atoms with Crippen LogP contribution in [-0.4, -0.2) is 34.1 Å². The maximum atomic E-state index is 12.4. The second-order valence-corrected chi connectivity index (χ2v) is 6.61. The Morgan fingerprint density at radius 3 is 2.15 bits per heavy atom. The van der Waals surface area contributed by atoms with Crippen molar-refractivity contribution in [2.45, 2.75) is 17.3 Å². The Labute approximate surface area is 116 Å². The average molecular weight is 310 g/mol. The summed E-state index contributed by atoms with van der Waals surface area (Å²) in [6, 6.07) is 4.62. The van der Waals surface area contributed by atoms with Gasteiger partial charge in [-0.15, -0.1) is 0 Å². The molecule has 1 unspecified atom stereocenters. The zero-order valence-electron chi connectivity index (χ0n) is 11.2. The first-order valence-corrected chi connectivity index (χ1v) is 7.40. The summed E-state index contributed by atoms with van der Waals surface area (Å²) in [6.07, 6.45) is 0. The standard InChI is InChI=1S/C12H17F3N2O2S/c1-9(7-16)8-17(2)10-3-5-11(6-4-10)20(18,19)12(13,14)15/h3-6,9H,7-8,16H2,1-2H3. The Hall–Kier alpha value is -1.28. The van der Waals surface area contributed by atoms with E-state index in [-0.39, 0.29) is 5.92 Å². The number of benzene rings is 1. The number of alkyl halides is 3. The van der Waals surface area contributed by atoms with Gasteiger partial charge < -0.3 is 10.6 Å². The van der Waals surface area contributed by atoms with Crippen LogP contribution in [0.25, 0.3) is 0 Å². The summed E-state index contributed by atoms with van der Waals surface area (Å²) in [4.78, 5) is 1.05. The summed E-state index contributed by atoms with van der Waals surface area (Å²) < 4.78 is 59.6. The number of rotatable bonds is 5. The molecule has 0 heterocycles. The van der Waals surface area contributed by atoms with Crippen molar-refractivity contribution in [1.29, 1.82) is 0 Å². The highest BCUT2D eigenvalue weighted by atomic mass is 32.2. The fourth-order valence-electron chi connectivity index (χ4n) is 1.66. The van der Waals surface area contributed by atoms with Crippen LogP contribution >= 0.6 is 0 Å². The average Bonchev–Trinajstić information content (AvgIpc) is 2.37. The van der Waals surface area contributed by atoms with Crippen LogP contribution in [0.5, 0.6) is 0 Å². The number of nitrogens with two attached hydrogens (primary N) is 1. The fourth-order valence-corrected chi connectivity index (χ4v) is 2.42. The smallest absolute Gasteiger partial charge is 0.374 e. The Bertz CT molecular complexity index is 541. The molecule has 0 fully saturated rings. The van der Waals surface area contributed by atoms with Gasteiger partial charge in [0, 0.05) is 19.3 Å². The van der Waals surface area contributed by atoms with Crippen molar-refractivity contribution in [2.75, 3.05) is 25.0 Å². The quantitative estimate of drug-likeness (QED) is 0.903. The molecule has 0 amide bonds. The molecule has 1 rings (SSSR count). The van der Waals surface area contributed by atoms with E-state index in [0.717, 1.165) is 12.1 Å². The van der Waals surface area contributed by atoms with Gasteiger partial charge in [-0.2, -0.15) is 13.2 Å². The van der Waals surface area contributed by atoms with Crippen molar-refractivity contribution in [2.24, 2.45) is 11.7 Å². The van der Waals surface area contributed by atoms with Gasteiger partial charge in [-0.05, 0) is 36.7 Å². The predicted octanol–water partition coefficient (Wildman–Crippen LogP) is 2.01. The molecule has 1 atom stereocenters. The molecule has 0 aliphatic rings. The molecule has 0 spiro atoms. The van der Waals surface area contributed by atoms with Gasteiger partial charge in [0.05, 0.1) is 4.90 Å². The van der Waals surface area contributed by atoms with Gasteiger partial charge in [0.2, 0.25) is 0 Å². The molecule has 4 nitrogen and oxygen atoms in total. The van der Waals surface area contributed by atoms with Crippen LogP contribution in [0.1, 0.15) is 6.92 Å². The summed E-state index contributed by atoms with van der Waals surface area (Å²) in [5.41, 5.74) is 0.844. The summed E-state index contributed by atoms with van der Waals surface area (Å²) in [5, 5.41) is 0. The number of sulfone groups is 1. The zero-order valence-corrected chi connectivity index (χ0v) is 12.0. The molecule has 0 saturated heterocycles. The normalized spacial score (nSPS) is 14.1. The number of hydrogen-bond donors (Lipinski definition) is 1. The topological polar surface area (TPSA) is 63.4 Å². The van der Waals surface area contributed by atoms with Gasteiger partial charge in [0.25, 0.3) is 9.84 Å². The van der Waals surface area contributed by atoms with E-state index in [1.165, 1.54) is 12.1 Å². The van der Waals surface area contributed by atoms with Gasteiger partial charge in [0.1, 0.15) is 0 Å². The number of nitrogens with zero attached hydrogens (tertiary/aromatic N) is 1. The van der Waals surface area contributed by atoms with E-state index in [1.54, 1.807) is 7.05 Å². The maximum absolute atomic E-state index is 12.4. The highest BCUT2D eigenvalue weighted by Crippen LogP contribution is 2.31. The molecule has 0 aliphatic carbocycles. The highest BCUT2D eigenvalue weighted by Gasteiger charge is 2.46. The van der Waals surface area contributed by atoms with Crippen molar-refractivity contribution in [1.82, 2.24) is 0 Å². The molecule has 20 heavy (non-hydrogen) atoms. The second-order valence-electron chi connectivity index (χ2n) is 4.66. The van der Waals surface area contributed by atoms with Crippen LogP contribution in [0.15, 0.2) is 29.2 Å². The second kappa shape index (κ2) is 6.01. The molecule has 0 saturated carbocycles.